The third-order valence-electron chi connectivity index (χ3n) is 3.17. The number of nitriles is 1. The summed E-state index contributed by atoms with van der Waals surface area (Å²) >= 11 is 0. The SMILES string of the molecule is Cc1ccc(C#N)cc1NCC(O)c1cc(F)ccc1F. The second kappa shape index (κ2) is 6.33. The molecule has 0 fully saturated rings. The molecule has 0 bridgehead atoms. The molecule has 0 spiro atoms. The highest BCUT2D eigenvalue weighted by atomic mass is 19.1. The van der Waals surface area contributed by atoms with Gasteiger partial charge >= 0.3 is 0 Å². The van der Waals surface area contributed by atoms with Crippen molar-refractivity contribution in [2.45, 2.75) is 13.0 Å². The average Bonchev–Trinajstić information content (AvgIpc) is 2.48. The molecule has 3 nitrogen and oxygen atoms in total. The van der Waals surface area contributed by atoms with E-state index in [1.807, 2.05) is 13.0 Å². The quantitative estimate of drug-likeness (QED) is 0.907. The van der Waals surface area contributed by atoms with Crippen LogP contribution in [0.25, 0.3) is 0 Å². The number of hydrogen-bond donors (Lipinski definition) is 2. The predicted octanol–water partition coefficient (Wildman–Crippen LogP) is 3.29. The molecule has 0 aromatic heterocycles. The van der Waals surface area contributed by atoms with E-state index in [0.29, 0.717) is 11.3 Å². The maximum Gasteiger partial charge on any atom is 0.129 e. The van der Waals surface area contributed by atoms with E-state index in [1.165, 1.54) is 0 Å². The Labute approximate surface area is 121 Å². The standard InChI is InChI=1S/C16H14F2N2O/c1-10-2-3-11(8-19)6-15(10)20-9-16(21)13-7-12(17)4-5-14(13)18/h2-7,16,20-21H,9H2,1H3. The van der Waals surface area contributed by atoms with Gasteiger partial charge in [-0.1, -0.05) is 6.07 Å². The van der Waals surface area contributed by atoms with Crippen molar-refractivity contribution < 1.29 is 13.9 Å². The van der Waals surface area contributed by atoms with Gasteiger partial charge in [-0.2, -0.15) is 5.26 Å². The summed E-state index contributed by atoms with van der Waals surface area (Å²) in [7, 11) is 0. The van der Waals surface area contributed by atoms with Crippen LogP contribution in [-0.4, -0.2) is 11.7 Å². The molecule has 2 aromatic rings. The maximum absolute atomic E-state index is 13.5. The third-order valence-corrected chi connectivity index (χ3v) is 3.17. The van der Waals surface area contributed by atoms with Crippen LogP contribution >= 0.6 is 0 Å². The number of aliphatic hydroxyl groups excluding tert-OH is 1. The molecule has 0 aliphatic rings. The summed E-state index contributed by atoms with van der Waals surface area (Å²) in [5.74, 6) is -1.26. The first-order valence-corrected chi connectivity index (χ1v) is 6.39. The van der Waals surface area contributed by atoms with Gasteiger partial charge < -0.3 is 10.4 Å². The minimum absolute atomic E-state index is 0.0100. The number of anilines is 1. The number of hydrogen-bond acceptors (Lipinski definition) is 3. The first-order chi connectivity index (χ1) is 10.0. The van der Waals surface area contributed by atoms with E-state index < -0.39 is 17.7 Å². The van der Waals surface area contributed by atoms with Crippen molar-refractivity contribution in [2.24, 2.45) is 0 Å². The number of halogens is 2. The van der Waals surface area contributed by atoms with Crippen molar-refractivity contribution in [1.82, 2.24) is 0 Å². The molecule has 1 atom stereocenters. The Hall–Kier alpha value is -2.45. The fraction of sp³-hybridized carbons (Fsp3) is 0.188. The molecule has 2 rings (SSSR count). The lowest BCUT2D eigenvalue weighted by atomic mass is 10.1. The van der Waals surface area contributed by atoms with Gasteiger partial charge in [-0.25, -0.2) is 8.78 Å². The van der Waals surface area contributed by atoms with Gasteiger partial charge in [-0.3, -0.25) is 0 Å². The minimum atomic E-state index is -1.19. The normalized spacial score (nSPS) is 11.8. The van der Waals surface area contributed by atoms with Gasteiger partial charge in [0.25, 0.3) is 0 Å². The summed E-state index contributed by atoms with van der Waals surface area (Å²) in [6, 6.07) is 10.1. The van der Waals surface area contributed by atoms with Gasteiger partial charge in [0.1, 0.15) is 11.6 Å². The molecule has 0 saturated heterocycles. The Morgan fingerprint density at radius 3 is 2.71 bits per heavy atom. The predicted molar refractivity (Wildman–Crippen MR) is 75.7 cm³/mol. The molecule has 0 aliphatic carbocycles. The summed E-state index contributed by atoms with van der Waals surface area (Å²) in [5, 5.41) is 21.8. The second-order valence-electron chi connectivity index (χ2n) is 4.70. The van der Waals surface area contributed by atoms with Crippen molar-refractivity contribution in [3.05, 3.63) is 64.7 Å². The molecular formula is C16H14F2N2O. The molecule has 0 heterocycles. The van der Waals surface area contributed by atoms with Crippen molar-refractivity contribution in [2.75, 3.05) is 11.9 Å². The zero-order valence-electron chi connectivity index (χ0n) is 11.4. The minimum Gasteiger partial charge on any atom is -0.386 e. The zero-order valence-corrected chi connectivity index (χ0v) is 11.4. The summed E-state index contributed by atoms with van der Waals surface area (Å²) in [5.41, 5.74) is 1.94. The number of benzene rings is 2. The van der Waals surface area contributed by atoms with Crippen LogP contribution in [0.15, 0.2) is 36.4 Å². The monoisotopic (exact) mass is 288 g/mol. The Balaban J connectivity index is 2.13. The molecule has 0 aliphatic heterocycles. The van der Waals surface area contributed by atoms with Crippen LogP contribution in [0.2, 0.25) is 0 Å². The topological polar surface area (TPSA) is 56.0 Å². The average molecular weight is 288 g/mol. The van der Waals surface area contributed by atoms with Crippen molar-refractivity contribution in [3.63, 3.8) is 0 Å². The highest BCUT2D eigenvalue weighted by Crippen LogP contribution is 2.21. The molecule has 108 valence electrons. The smallest absolute Gasteiger partial charge is 0.129 e. The lowest BCUT2D eigenvalue weighted by molar-refractivity contribution is 0.186. The zero-order chi connectivity index (χ0) is 15.4. The Morgan fingerprint density at radius 2 is 2.00 bits per heavy atom. The summed E-state index contributed by atoms with van der Waals surface area (Å²) in [4.78, 5) is 0. The van der Waals surface area contributed by atoms with Crippen LogP contribution < -0.4 is 5.32 Å². The highest BCUT2D eigenvalue weighted by Gasteiger charge is 2.14. The molecule has 2 aromatic carbocycles. The van der Waals surface area contributed by atoms with Gasteiger partial charge in [0.15, 0.2) is 0 Å². The van der Waals surface area contributed by atoms with Crippen molar-refractivity contribution in [3.8, 4) is 6.07 Å². The van der Waals surface area contributed by atoms with Gasteiger partial charge in [-0.15, -0.1) is 0 Å². The first kappa shape index (κ1) is 14.9. The molecule has 0 saturated carbocycles. The Morgan fingerprint density at radius 1 is 1.24 bits per heavy atom. The van der Waals surface area contributed by atoms with Gasteiger partial charge in [-0.05, 0) is 42.8 Å². The Bertz CT molecular complexity index is 695. The van der Waals surface area contributed by atoms with Gasteiger partial charge in [0.2, 0.25) is 0 Å². The molecule has 21 heavy (non-hydrogen) atoms. The van der Waals surface area contributed by atoms with E-state index in [9.17, 15) is 13.9 Å². The number of nitrogens with zero attached hydrogens (tertiary/aromatic N) is 1. The fourth-order valence-electron chi connectivity index (χ4n) is 1.97. The van der Waals surface area contributed by atoms with E-state index >= 15 is 0 Å². The van der Waals surface area contributed by atoms with Crippen LogP contribution in [-0.2, 0) is 0 Å². The van der Waals surface area contributed by atoms with Crippen LogP contribution in [0.1, 0.15) is 22.8 Å². The summed E-state index contributed by atoms with van der Waals surface area (Å²) < 4.78 is 26.6. The van der Waals surface area contributed by atoms with Gasteiger partial charge in [0, 0.05) is 17.8 Å². The highest BCUT2D eigenvalue weighted by molar-refractivity contribution is 5.55. The lowest BCUT2D eigenvalue weighted by Crippen LogP contribution is -2.14. The third kappa shape index (κ3) is 3.56. The molecule has 5 heteroatoms. The molecule has 0 radical (unpaired) electrons. The van der Waals surface area contributed by atoms with Crippen LogP contribution in [0, 0.1) is 29.9 Å². The van der Waals surface area contributed by atoms with E-state index in [4.69, 9.17) is 5.26 Å². The van der Waals surface area contributed by atoms with Crippen LogP contribution in [0.5, 0.6) is 0 Å². The van der Waals surface area contributed by atoms with Crippen molar-refractivity contribution in [1.29, 1.82) is 5.26 Å². The first-order valence-electron chi connectivity index (χ1n) is 6.39. The number of nitrogens with one attached hydrogen (secondary N) is 1. The molecule has 0 amide bonds. The van der Waals surface area contributed by atoms with Crippen LogP contribution in [0.4, 0.5) is 14.5 Å². The van der Waals surface area contributed by atoms with E-state index in [2.05, 4.69) is 5.32 Å². The number of rotatable bonds is 4. The van der Waals surface area contributed by atoms with E-state index in [1.54, 1.807) is 18.2 Å². The number of aryl methyl sites for hydroxylation is 1. The molecular weight excluding hydrogens is 274 g/mol. The summed E-state index contributed by atoms with van der Waals surface area (Å²) in [6.07, 6.45) is -1.19. The lowest BCUT2D eigenvalue weighted by Gasteiger charge is -2.15. The van der Waals surface area contributed by atoms with Gasteiger partial charge in [0.05, 0.1) is 17.7 Å². The van der Waals surface area contributed by atoms with Crippen LogP contribution in [0.3, 0.4) is 0 Å². The second-order valence-corrected chi connectivity index (χ2v) is 4.70. The molecule has 1 unspecified atom stereocenters. The largest absolute Gasteiger partial charge is 0.386 e. The molecule has 2 N–H and O–H groups in total. The van der Waals surface area contributed by atoms with E-state index in [-0.39, 0.29) is 12.1 Å². The summed E-state index contributed by atoms with van der Waals surface area (Å²) in [6.45, 7) is 1.86. The fourth-order valence-corrected chi connectivity index (χ4v) is 1.97. The maximum atomic E-state index is 13.5. The Kier molecular flexibility index (Phi) is 4.51. The van der Waals surface area contributed by atoms with E-state index in [0.717, 1.165) is 23.8 Å². The number of aliphatic hydroxyl groups is 1. The van der Waals surface area contributed by atoms with Crippen molar-refractivity contribution >= 4 is 5.69 Å².